The fraction of sp³-hybridized carbons (Fsp3) is 0.370. The van der Waals surface area contributed by atoms with E-state index in [-0.39, 0.29) is 5.25 Å². The van der Waals surface area contributed by atoms with Gasteiger partial charge in [0.25, 0.3) is 0 Å². The summed E-state index contributed by atoms with van der Waals surface area (Å²) >= 11 is 0. The Morgan fingerprint density at radius 3 is 2.71 bits per heavy atom. The van der Waals surface area contributed by atoms with Gasteiger partial charge in [-0.2, -0.15) is 4.98 Å². The largest absolute Gasteiger partial charge is 0.369 e. The summed E-state index contributed by atoms with van der Waals surface area (Å²) in [5, 5.41) is 7.40. The van der Waals surface area contributed by atoms with Crippen LogP contribution < -0.4 is 19.8 Å². The molecule has 2 N–H and O–H groups in total. The Balaban J connectivity index is 1.22. The smallest absolute Gasteiger partial charge is 0.238 e. The highest BCUT2D eigenvalue weighted by Gasteiger charge is 2.39. The van der Waals surface area contributed by atoms with Crippen molar-refractivity contribution in [1.29, 1.82) is 0 Å². The second-order valence-electron chi connectivity index (χ2n) is 10.1. The SMILES string of the molecule is C[C@H]1CN(c2ccc(Nc3ncc4ccn(Cc5cccnc5N(C)S(=O)(=O)C5CC5)c4n3)cc2)CCN1. The summed E-state index contributed by atoms with van der Waals surface area (Å²) in [7, 11) is -1.81. The van der Waals surface area contributed by atoms with Crippen molar-refractivity contribution < 1.29 is 8.42 Å². The van der Waals surface area contributed by atoms with Crippen molar-refractivity contribution >= 4 is 44.2 Å². The lowest BCUT2D eigenvalue weighted by atomic mass is 10.2. The van der Waals surface area contributed by atoms with Gasteiger partial charge >= 0.3 is 0 Å². The molecule has 4 aromatic rings. The highest BCUT2D eigenvalue weighted by Crippen LogP contribution is 2.33. The standard InChI is InChI=1S/C27H32N8O2S/c1-19-17-34(15-13-28-19)23-7-5-22(6-8-23)31-27-30-16-20-11-14-35(26(20)32-27)18-21-4-3-12-29-25(21)33(2)38(36,37)24-9-10-24/h3-8,11-12,14,16,19,24,28H,9-10,13,15,17-18H2,1-2H3,(H,30,31,32)/t19-/m0/s1. The lowest BCUT2D eigenvalue weighted by Gasteiger charge is -2.33. The second kappa shape index (κ2) is 9.88. The first kappa shape index (κ1) is 24.6. The maximum absolute atomic E-state index is 12.8. The lowest BCUT2D eigenvalue weighted by Crippen LogP contribution is -2.49. The molecule has 0 unspecified atom stereocenters. The Morgan fingerprint density at radius 2 is 1.95 bits per heavy atom. The minimum atomic E-state index is -3.40. The van der Waals surface area contributed by atoms with E-state index in [9.17, 15) is 8.42 Å². The van der Waals surface area contributed by atoms with E-state index in [1.165, 1.54) is 9.99 Å². The van der Waals surface area contributed by atoms with Gasteiger partial charge in [0.05, 0.1) is 11.8 Å². The molecule has 0 bridgehead atoms. The number of piperazine rings is 1. The zero-order valence-corrected chi connectivity index (χ0v) is 22.4. The van der Waals surface area contributed by atoms with Gasteiger partial charge in [-0.05, 0) is 56.2 Å². The second-order valence-corrected chi connectivity index (χ2v) is 12.3. The molecular formula is C27H32N8O2S. The van der Waals surface area contributed by atoms with Gasteiger partial charge in [-0.3, -0.25) is 4.31 Å². The van der Waals surface area contributed by atoms with Crippen molar-refractivity contribution in [2.45, 2.75) is 37.6 Å². The van der Waals surface area contributed by atoms with Crippen LogP contribution in [0.25, 0.3) is 11.0 Å². The van der Waals surface area contributed by atoms with Crippen molar-refractivity contribution in [1.82, 2.24) is 24.8 Å². The fourth-order valence-electron chi connectivity index (χ4n) is 4.94. The third-order valence-corrected chi connectivity index (χ3v) is 9.44. The van der Waals surface area contributed by atoms with Gasteiger partial charge in [-0.25, -0.2) is 18.4 Å². The summed E-state index contributed by atoms with van der Waals surface area (Å²) in [5.41, 5.74) is 3.69. The molecule has 1 saturated carbocycles. The van der Waals surface area contributed by atoms with E-state index in [4.69, 9.17) is 4.98 Å². The van der Waals surface area contributed by atoms with Gasteiger partial charge in [0.1, 0.15) is 11.5 Å². The molecule has 4 heterocycles. The highest BCUT2D eigenvalue weighted by atomic mass is 32.2. The topological polar surface area (TPSA) is 108 Å². The Kier molecular flexibility index (Phi) is 6.40. The summed E-state index contributed by atoms with van der Waals surface area (Å²) in [6.45, 7) is 5.61. The number of hydrogen-bond donors (Lipinski definition) is 2. The molecule has 2 aliphatic rings. The third kappa shape index (κ3) is 4.91. The maximum Gasteiger partial charge on any atom is 0.238 e. The molecule has 0 amide bonds. The molecule has 1 saturated heterocycles. The van der Waals surface area contributed by atoms with Gasteiger partial charge in [0.15, 0.2) is 0 Å². The van der Waals surface area contributed by atoms with E-state index < -0.39 is 10.0 Å². The number of nitrogens with one attached hydrogen (secondary N) is 2. The summed E-state index contributed by atoms with van der Waals surface area (Å²) in [4.78, 5) is 16.1. The molecule has 0 radical (unpaired) electrons. The fourth-order valence-corrected chi connectivity index (χ4v) is 6.53. The van der Waals surface area contributed by atoms with Crippen LogP contribution in [-0.2, 0) is 16.6 Å². The minimum absolute atomic E-state index is 0.300. The molecule has 0 spiro atoms. The molecule has 6 rings (SSSR count). The molecule has 2 fully saturated rings. The van der Waals surface area contributed by atoms with Crippen molar-refractivity contribution in [2.24, 2.45) is 0 Å². The van der Waals surface area contributed by atoms with E-state index in [0.29, 0.717) is 37.2 Å². The molecule has 1 aliphatic heterocycles. The van der Waals surface area contributed by atoms with Gasteiger partial charge in [-0.1, -0.05) is 6.07 Å². The van der Waals surface area contributed by atoms with Gasteiger partial charge in [0.2, 0.25) is 16.0 Å². The summed E-state index contributed by atoms with van der Waals surface area (Å²) < 4.78 is 29.0. The van der Waals surface area contributed by atoms with Gasteiger partial charge in [-0.15, -0.1) is 0 Å². The molecule has 3 aromatic heterocycles. The first-order chi connectivity index (χ1) is 18.4. The summed E-state index contributed by atoms with van der Waals surface area (Å²) in [6, 6.07) is 14.5. The monoisotopic (exact) mass is 532 g/mol. The number of pyridine rings is 1. The average Bonchev–Trinajstić information content (AvgIpc) is 3.72. The van der Waals surface area contributed by atoms with Crippen LogP contribution in [0.5, 0.6) is 0 Å². The normalized spacial score (nSPS) is 18.1. The van der Waals surface area contributed by atoms with Crippen molar-refractivity contribution in [3.8, 4) is 0 Å². The van der Waals surface area contributed by atoms with Crippen molar-refractivity contribution in [3.63, 3.8) is 0 Å². The minimum Gasteiger partial charge on any atom is -0.369 e. The van der Waals surface area contributed by atoms with Crippen LogP contribution in [0.15, 0.2) is 61.1 Å². The number of nitrogens with zero attached hydrogens (tertiary/aromatic N) is 6. The molecule has 198 valence electrons. The average molecular weight is 533 g/mol. The first-order valence-corrected chi connectivity index (χ1v) is 14.5. The lowest BCUT2D eigenvalue weighted by molar-refractivity contribution is 0.485. The Bertz CT molecular complexity index is 1550. The Morgan fingerprint density at radius 1 is 1.13 bits per heavy atom. The third-order valence-electron chi connectivity index (χ3n) is 7.19. The van der Waals surface area contributed by atoms with E-state index in [0.717, 1.165) is 41.9 Å². The van der Waals surface area contributed by atoms with Crippen LogP contribution in [0.2, 0.25) is 0 Å². The predicted molar refractivity (Wildman–Crippen MR) is 151 cm³/mol. The predicted octanol–water partition coefficient (Wildman–Crippen LogP) is 3.34. The van der Waals surface area contributed by atoms with Gasteiger partial charge < -0.3 is 20.1 Å². The first-order valence-electron chi connectivity index (χ1n) is 13.0. The number of hydrogen-bond acceptors (Lipinski definition) is 8. The van der Waals surface area contributed by atoms with Gasteiger partial charge in [0, 0.05) is 73.6 Å². The molecule has 1 aliphatic carbocycles. The number of aromatic nitrogens is 4. The molecular weight excluding hydrogens is 500 g/mol. The number of benzene rings is 1. The van der Waals surface area contributed by atoms with E-state index in [2.05, 4.69) is 44.6 Å². The van der Waals surface area contributed by atoms with E-state index >= 15 is 0 Å². The van der Waals surface area contributed by atoms with E-state index in [1.54, 1.807) is 19.4 Å². The number of fused-ring (bicyclic) bond motifs is 1. The van der Waals surface area contributed by atoms with Crippen LogP contribution in [0.3, 0.4) is 0 Å². The molecule has 1 aromatic carbocycles. The number of sulfonamides is 1. The maximum atomic E-state index is 12.8. The van der Waals surface area contributed by atoms with Crippen LogP contribution in [0, 0.1) is 0 Å². The Hall–Kier alpha value is -3.70. The summed E-state index contributed by atoms with van der Waals surface area (Å²) in [5.74, 6) is 0.952. The van der Waals surface area contributed by atoms with Crippen molar-refractivity contribution in [3.05, 3.63) is 66.6 Å². The van der Waals surface area contributed by atoms with E-state index in [1.807, 2.05) is 41.1 Å². The molecule has 1 atom stereocenters. The zero-order chi connectivity index (χ0) is 26.3. The number of rotatable bonds is 8. The van der Waals surface area contributed by atoms with Crippen LogP contribution >= 0.6 is 0 Å². The Labute approximate surface area is 222 Å². The molecule has 10 nitrogen and oxygen atoms in total. The van der Waals surface area contributed by atoms with Crippen molar-refractivity contribution in [2.75, 3.05) is 41.2 Å². The molecule has 11 heteroatoms. The quantitative estimate of drug-likeness (QED) is 0.356. The summed E-state index contributed by atoms with van der Waals surface area (Å²) in [6.07, 6.45) is 6.79. The van der Waals surface area contributed by atoms with Crippen LogP contribution in [0.4, 0.5) is 23.1 Å². The zero-order valence-electron chi connectivity index (χ0n) is 21.6. The van der Waals surface area contributed by atoms with Crippen LogP contribution in [0.1, 0.15) is 25.3 Å². The highest BCUT2D eigenvalue weighted by molar-refractivity contribution is 7.93. The number of anilines is 4. The molecule has 38 heavy (non-hydrogen) atoms. The van der Waals surface area contributed by atoms with Crippen LogP contribution in [-0.4, -0.2) is 65.9 Å².